The first-order valence-corrected chi connectivity index (χ1v) is 8.30. The monoisotopic (exact) mass is 365 g/mol. The molecule has 0 saturated heterocycles. The van der Waals surface area contributed by atoms with E-state index in [1.54, 1.807) is 39.0 Å². The minimum absolute atomic E-state index is 0.0615. The van der Waals surface area contributed by atoms with E-state index in [1.165, 1.54) is 0 Å². The minimum atomic E-state index is -0.613. The van der Waals surface area contributed by atoms with E-state index in [0.717, 1.165) is 0 Å². The predicted molar refractivity (Wildman–Crippen MR) is 91.6 cm³/mol. The van der Waals surface area contributed by atoms with Crippen molar-refractivity contribution in [3.05, 3.63) is 23.8 Å². The Hall–Kier alpha value is -2.77. The van der Waals surface area contributed by atoms with E-state index >= 15 is 0 Å². The van der Waals surface area contributed by atoms with Crippen LogP contribution in [0.4, 0.5) is 4.79 Å². The molecule has 26 heavy (non-hydrogen) atoms. The van der Waals surface area contributed by atoms with Crippen LogP contribution in [0.15, 0.2) is 18.2 Å². The predicted octanol–water partition coefficient (Wildman–Crippen LogP) is 2.10. The van der Waals surface area contributed by atoms with Crippen LogP contribution in [0.1, 0.15) is 37.6 Å². The van der Waals surface area contributed by atoms with Crippen molar-refractivity contribution in [3.8, 4) is 11.5 Å². The summed E-state index contributed by atoms with van der Waals surface area (Å²) in [5, 5.41) is 2.45. The summed E-state index contributed by atoms with van der Waals surface area (Å²) < 4.78 is 20.8. The summed E-state index contributed by atoms with van der Waals surface area (Å²) in [5.41, 5.74) is -0.241. The van der Waals surface area contributed by atoms with Crippen molar-refractivity contribution in [2.45, 2.75) is 32.8 Å². The highest BCUT2D eigenvalue weighted by Crippen LogP contribution is 2.30. The zero-order valence-electron chi connectivity index (χ0n) is 15.1. The first-order chi connectivity index (χ1) is 12.2. The molecule has 2 rings (SSSR count). The number of nitrogens with one attached hydrogen (secondary N) is 1. The molecule has 8 heteroatoms. The molecule has 8 nitrogen and oxygen atoms in total. The molecule has 0 aromatic heterocycles. The van der Waals surface area contributed by atoms with E-state index in [0.29, 0.717) is 30.3 Å². The van der Waals surface area contributed by atoms with Crippen molar-refractivity contribution in [3.63, 3.8) is 0 Å². The number of ketones is 1. The van der Waals surface area contributed by atoms with Gasteiger partial charge in [0.05, 0.1) is 6.42 Å². The summed E-state index contributed by atoms with van der Waals surface area (Å²) in [5.74, 6) is 0.135. The van der Waals surface area contributed by atoms with Gasteiger partial charge in [-0.05, 0) is 39.0 Å². The summed E-state index contributed by atoms with van der Waals surface area (Å²) in [7, 11) is 0. The number of carbonyl (C=O) groups is 3. The molecule has 0 fully saturated rings. The van der Waals surface area contributed by atoms with Gasteiger partial charge in [0.15, 0.2) is 23.9 Å². The van der Waals surface area contributed by atoms with E-state index in [4.69, 9.17) is 18.9 Å². The highest BCUT2D eigenvalue weighted by molar-refractivity contribution is 5.98. The number of esters is 1. The van der Waals surface area contributed by atoms with E-state index in [1.807, 2.05) is 0 Å². The molecule has 1 aromatic rings. The summed E-state index contributed by atoms with van der Waals surface area (Å²) in [6, 6.07) is 4.80. The first kappa shape index (κ1) is 19.6. The lowest BCUT2D eigenvalue weighted by Crippen LogP contribution is -2.33. The van der Waals surface area contributed by atoms with Gasteiger partial charge in [-0.1, -0.05) is 0 Å². The SMILES string of the molecule is CC(C)(C)OC(=O)NCCC(=O)OCC(=O)c1ccc2c(c1)OCCO2. The average molecular weight is 365 g/mol. The number of amides is 1. The quantitative estimate of drug-likeness (QED) is 0.608. The zero-order chi connectivity index (χ0) is 19.2. The van der Waals surface area contributed by atoms with E-state index < -0.39 is 17.7 Å². The molecular formula is C18H23NO7. The van der Waals surface area contributed by atoms with Crippen molar-refractivity contribution in [1.29, 1.82) is 0 Å². The summed E-state index contributed by atoms with van der Waals surface area (Å²) >= 11 is 0. The third-order valence-electron chi connectivity index (χ3n) is 3.23. The molecule has 0 saturated carbocycles. The van der Waals surface area contributed by atoms with Crippen molar-refractivity contribution >= 4 is 17.8 Å². The second-order valence-corrected chi connectivity index (χ2v) is 6.62. The standard InChI is InChI=1S/C18H23NO7/c1-18(2,3)26-17(22)19-7-6-16(21)25-11-13(20)12-4-5-14-15(10-12)24-9-8-23-14/h4-5,10H,6-9,11H2,1-3H3,(H,19,22). The van der Waals surface area contributed by atoms with Gasteiger partial charge < -0.3 is 24.3 Å². The molecule has 1 aliphatic rings. The Morgan fingerprint density at radius 2 is 1.81 bits per heavy atom. The molecular weight excluding hydrogens is 342 g/mol. The fourth-order valence-electron chi connectivity index (χ4n) is 2.10. The maximum Gasteiger partial charge on any atom is 0.407 e. The first-order valence-electron chi connectivity index (χ1n) is 8.30. The Morgan fingerprint density at radius 1 is 1.12 bits per heavy atom. The van der Waals surface area contributed by atoms with Crippen LogP contribution in [0.25, 0.3) is 0 Å². The second kappa shape index (κ2) is 8.55. The number of hydrogen-bond donors (Lipinski definition) is 1. The zero-order valence-corrected chi connectivity index (χ0v) is 15.1. The largest absolute Gasteiger partial charge is 0.486 e. The number of Topliss-reactive ketones (excluding diaryl/α,β-unsaturated/α-hetero) is 1. The topological polar surface area (TPSA) is 100 Å². The van der Waals surface area contributed by atoms with Gasteiger partial charge in [0.25, 0.3) is 0 Å². The van der Waals surface area contributed by atoms with Crippen molar-refractivity contribution in [1.82, 2.24) is 5.32 Å². The van der Waals surface area contributed by atoms with Crippen LogP contribution in [-0.4, -0.2) is 49.8 Å². The van der Waals surface area contributed by atoms with Gasteiger partial charge in [-0.3, -0.25) is 9.59 Å². The summed E-state index contributed by atoms with van der Waals surface area (Å²) in [6.45, 7) is 5.79. The molecule has 142 valence electrons. The highest BCUT2D eigenvalue weighted by Gasteiger charge is 2.17. The molecule has 0 aliphatic carbocycles. The van der Waals surface area contributed by atoms with Crippen molar-refractivity contribution < 1.29 is 33.3 Å². The minimum Gasteiger partial charge on any atom is -0.486 e. The van der Waals surface area contributed by atoms with Gasteiger partial charge >= 0.3 is 12.1 Å². The van der Waals surface area contributed by atoms with Crippen LogP contribution in [-0.2, 0) is 14.3 Å². The number of fused-ring (bicyclic) bond motifs is 1. The van der Waals surface area contributed by atoms with Gasteiger partial charge in [-0.25, -0.2) is 4.79 Å². The lowest BCUT2D eigenvalue weighted by molar-refractivity contribution is -0.142. The van der Waals surface area contributed by atoms with Crippen LogP contribution < -0.4 is 14.8 Å². The van der Waals surface area contributed by atoms with E-state index in [2.05, 4.69) is 5.32 Å². The van der Waals surface area contributed by atoms with Crippen LogP contribution in [0.5, 0.6) is 11.5 Å². The van der Waals surface area contributed by atoms with Crippen LogP contribution in [0.2, 0.25) is 0 Å². The fourth-order valence-corrected chi connectivity index (χ4v) is 2.10. The van der Waals surface area contributed by atoms with Gasteiger partial charge in [0.2, 0.25) is 0 Å². The maximum absolute atomic E-state index is 12.1. The molecule has 0 unspecified atom stereocenters. The normalized spacial score (nSPS) is 12.9. The molecule has 1 aliphatic heterocycles. The number of rotatable bonds is 6. The van der Waals surface area contributed by atoms with Gasteiger partial charge in [-0.15, -0.1) is 0 Å². The molecule has 0 spiro atoms. The van der Waals surface area contributed by atoms with Crippen LogP contribution >= 0.6 is 0 Å². The lowest BCUT2D eigenvalue weighted by atomic mass is 10.1. The maximum atomic E-state index is 12.1. The molecule has 0 radical (unpaired) electrons. The van der Waals surface area contributed by atoms with Crippen molar-refractivity contribution in [2.24, 2.45) is 0 Å². The Bertz CT molecular complexity index is 679. The smallest absolute Gasteiger partial charge is 0.407 e. The molecule has 0 bridgehead atoms. The molecule has 1 N–H and O–H groups in total. The number of hydrogen-bond acceptors (Lipinski definition) is 7. The summed E-state index contributed by atoms with van der Waals surface area (Å²) in [6.07, 6.45) is -0.675. The van der Waals surface area contributed by atoms with Gasteiger partial charge in [-0.2, -0.15) is 0 Å². The Morgan fingerprint density at radius 3 is 2.50 bits per heavy atom. The number of carbonyl (C=O) groups excluding carboxylic acids is 3. The van der Waals surface area contributed by atoms with Gasteiger partial charge in [0, 0.05) is 12.1 Å². The average Bonchev–Trinajstić information content (AvgIpc) is 2.57. The van der Waals surface area contributed by atoms with Crippen LogP contribution in [0.3, 0.4) is 0 Å². The molecule has 1 heterocycles. The Labute approximate surface area is 151 Å². The molecule has 1 amide bonds. The third kappa shape index (κ3) is 6.27. The molecule has 0 atom stereocenters. The highest BCUT2D eigenvalue weighted by atomic mass is 16.6. The van der Waals surface area contributed by atoms with E-state index in [9.17, 15) is 14.4 Å². The Balaban J connectivity index is 1.72. The second-order valence-electron chi connectivity index (χ2n) is 6.62. The summed E-state index contributed by atoms with van der Waals surface area (Å²) in [4.78, 5) is 35.2. The number of alkyl carbamates (subject to hydrolysis) is 1. The number of ether oxygens (including phenoxy) is 4. The van der Waals surface area contributed by atoms with Crippen LogP contribution in [0, 0.1) is 0 Å². The Kier molecular flexibility index (Phi) is 6.43. The third-order valence-corrected chi connectivity index (χ3v) is 3.23. The van der Waals surface area contributed by atoms with Crippen molar-refractivity contribution in [2.75, 3.05) is 26.4 Å². The molecule has 1 aromatic carbocycles. The lowest BCUT2D eigenvalue weighted by Gasteiger charge is -2.19. The number of benzene rings is 1. The van der Waals surface area contributed by atoms with Gasteiger partial charge in [0.1, 0.15) is 18.8 Å². The fraction of sp³-hybridized carbons (Fsp3) is 0.500. The van der Waals surface area contributed by atoms with E-state index in [-0.39, 0.29) is 25.4 Å².